The molecule has 2 atom stereocenters. The van der Waals surface area contributed by atoms with Gasteiger partial charge in [-0.1, -0.05) is 12.1 Å². The third kappa shape index (κ3) is 1.48. The molecule has 6 nitrogen and oxygen atoms in total. The summed E-state index contributed by atoms with van der Waals surface area (Å²) >= 11 is 0. The molecule has 0 saturated carbocycles. The summed E-state index contributed by atoms with van der Waals surface area (Å²) in [6.07, 6.45) is 0. The van der Waals surface area contributed by atoms with Crippen LogP contribution in [-0.2, 0) is 4.79 Å². The molecule has 0 unspecified atom stereocenters. The summed E-state index contributed by atoms with van der Waals surface area (Å²) in [5.74, 6) is -0.624. The van der Waals surface area contributed by atoms with Gasteiger partial charge in [-0.15, -0.1) is 0 Å². The van der Waals surface area contributed by atoms with Gasteiger partial charge in [0.15, 0.2) is 5.58 Å². The van der Waals surface area contributed by atoms with E-state index in [9.17, 15) is 9.90 Å². The fourth-order valence-corrected chi connectivity index (χ4v) is 3.36. The Hall–Kier alpha value is -2.08. The number of para-hydroxylation sites is 2. The van der Waals surface area contributed by atoms with E-state index in [-0.39, 0.29) is 5.92 Å². The van der Waals surface area contributed by atoms with Crippen molar-refractivity contribution >= 4 is 23.1 Å². The molecule has 2 fully saturated rings. The summed E-state index contributed by atoms with van der Waals surface area (Å²) < 4.78 is 5.74. The average molecular weight is 273 g/mol. The first kappa shape index (κ1) is 11.7. The number of carboxylic acids is 1. The molecule has 4 rings (SSSR count). The number of nitrogens with zero attached hydrogens (tertiary/aromatic N) is 2. The second-order valence-electron chi connectivity index (χ2n) is 5.63. The third-order valence-corrected chi connectivity index (χ3v) is 4.51. The highest BCUT2D eigenvalue weighted by molar-refractivity contribution is 5.79. The number of benzene rings is 1. The van der Waals surface area contributed by atoms with Crippen LogP contribution in [-0.4, -0.2) is 42.2 Å². The summed E-state index contributed by atoms with van der Waals surface area (Å²) in [5.41, 5.74) is 0.838. The zero-order chi connectivity index (χ0) is 13.7. The zero-order valence-electron chi connectivity index (χ0n) is 10.9. The van der Waals surface area contributed by atoms with Crippen molar-refractivity contribution in [1.82, 2.24) is 10.3 Å². The van der Waals surface area contributed by atoms with Gasteiger partial charge in [-0.05, 0) is 12.1 Å². The summed E-state index contributed by atoms with van der Waals surface area (Å²) in [6, 6.07) is 8.11. The van der Waals surface area contributed by atoms with Crippen molar-refractivity contribution in [3.63, 3.8) is 0 Å². The van der Waals surface area contributed by atoms with E-state index in [1.54, 1.807) is 0 Å². The molecule has 1 aromatic heterocycles. The number of hydrogen-bond donors (Lipinski definition) is 2. The molecule has 6 heteroatoms. The number of carboxylic acid groups (broad SMARTS) is 1. The maximum absolute atomic E-state index is 11.6. The monoisotopic (exact) mass is 273 g/mol. The van der Waals surface area contributed by atoms with Crippen LogP contribution in [0, 0.1) is 11.3 Å². The minimum Gasteiger partial charge on any atom is -0.481 e. The number of anilines is 1. The topological polar surface area (TPSA) is 78.6 Å². The van der Waals surface area contributed by atoms with E-state index in [4.69, 9.17) is 4.42 Å². The predicted molar refractivity (Wildman–Crippen MR) is 72.7 cm³/mol. The number of rotatable bonds is 2. The molecule has 104 valence electrons. The lowest BCUT2D eigenvalue weighted by Gasteiger charge is -2.21. The van der Waals surface area contributed by atoms with Crippen LogP contribution in [0.15, 0.2) is 28.7 Å². The van der Waals surface area contributed by atoms with Gasteiger partial charge in [-0.2, -0.15) is 4.98 Å². The number of aliphatic carboxylic acids is 1. The van der Waals surface area contributed by atoms with E-state index in [1.165, 1.54) is 0 Å². The number of aromatic nitrogens is 1. The van der Waals surface area contributed by atoms with Gasteiger partial charge < -0.3 is 19.7 Å². The molecular formula is C14H15N3O3. The van der Waals surface area contributed by atoms with Crippen molar-refractivity contribution in [2.45, 2.75) is 0 Å². The fraction of sp³-hybridized carbons (Fsp3) is 0.429. The highest BCUT2D eigenvalue weighted by atomic mass is 16.4. The van der Waals surface area contributed by atoms with Crippen molar-refractivity contribution in [1.29, 1.82) is 0 Å². The normalized spacial score (nSPS) is 29.0. The standard InChI is InChI=1S/C14H15N3O3/c18-12(19)14-7-15-5-9(14)6-17(8-14)13-16-10-3-1-2-4-11(10)20-13/h1-4,9,15H,5-8H2,(H,18,19)/t9-,14-/m0/s1. The van der Waals surface area contributed by atoms with E-state index in [1.807, 2.05) is 29.2 Å². The molecule has 0 bridgehead atoms. The average Bonchev–Trinajstić information content (AvgIpc) is 3.09. The van der Waals surface area contributed by atoms with Crippen molar-refractivity contribution in [2.75, 3.05) is 31.1 Å². The maximum atomic E-state index is 11.6. The fourth-order valence-electron chi connectivity index (χ4n) is 3.36. The minimum absolute atomic E-state index is 0.106. The molecule has 0 spiro atoms. The highest BCUT2D eigenvalue weighted by Gasteiger charge is 2.56. The SMILES string of the molecule is O=C(O)[C@]12CNC[C@H]1CN(c1nc3ccccc3o1)C2. The maximum Gasteiger partial charge on any atom is 0.313 e. The van der Waals surface area contributed by atoms with Crippen LogP contribution in [0.4, 0.5) is 6.01 Å². The largest absolute Gasteiger partial charge is 0.481 e. The van der Waals surface area contributed by atoms with Crippen molar-refractivity contribution < 1.29 is 14.3 Å². The van der Waals surface area contributed by atoms with Crippen LogP contribution in [0.5, 0.6) is 0 Å². The molecule has 2 aliphatic rings. The molecule has 20 heavy (non-hydrogen) atoms. The number of carbonyl (C=O) groups is 1. The van der Waals surface area contributed by atoms with E-state index < -0.39 is 11.4 Å². The lowest BCUT2D eigenvalue weighted by molar-refractivity contribution is -0.148. The molecule has 0 aliphatic carbocycles. The second-order valence-corrected chi connectivity index (χ2v) is 5.63. The first-order valence-corrected chi connectivity index (χ1v) is 6.74. The summed E-state index contributed by atoms with van der Waals surface area (Å²) in [4.78, 5) is 18.1. The first-order chi connectivity index (χ1) is 9.69. The van der Waals surface area contributed by atoms with E-state index in [0.29, 0.717) is 25.6 Å². The Balaban J connectivity index is 1.69. The quantitative estimate of drug-likeness (QED) is 0.847. The molecule has 3 heterocycles. The summed E-state index contributed by atoms with van der Waals surface area (Å²) in [7, 11) is 0. The lowest BCUT2D eigenvalue weighted by atomic mass is 9.81. The van der Waals surface area contributed by atoms with Crippen LogP contribution >= 0.6 is 0 Å². The Morgan fingerprint density at radius 1 is 1.50 bits per heavy atom. The van der Waals surface area contributed by atoms with Crippen molar-refractivity contribution in [2.24, 2.45) is 11.3 Å². The molecule has 0 amide bonds. The van der Waals surface area contributed by atoms with Crippen LogP contribution in [0.25, 0.3) is 11.1 Å². The van der Waals surface area contributed by atoms with Gasteiger partial charge >= 0.3 is 5.97 Å². The minimum atomic E-state index is -0.730. The van der Waals surface area contributed by atoms with Crippen LogP contribution in [0.1, 0.15) is 0 Å². The summed E-state index contributed by atoms with van der Waals surface area (Å²) in [6.45, 7) is 2.38. The van der Waals surface area contributed by atoms with Gasteiger partial charge in [-0.3, -0.25) is 4.79 Å². The lowest BCUT2D eigenvalue weighted by Crippen LogP contribution is -2.40. The molecule has 2 saturated heterocycles. The number of hydrogen-bond acceptors (Lipinski definition) is 5. The Bertz CT molecular complexity index is 650. The van der Waals surface area contributed by atoms with Gasteiger partial charge in [-0.25, -0.2) is 0 Å². The van der Waals surface area contributed by atoms with Gasteiger partial charge in [0.25, 0.3) is 6.01 Å². The molecule has 2 aromatic rings. The number of oxazole rings is 1. The third-order valence-electron chi connectivity index (χ3n) is 4.51. The zero-order valence-corrected chi connectivity index (χ0v) is 10.9. The molecular weight excluding hydrogens is 258 g/mol. The van der Waals surface area contributed by atoms with E-state index in [0.717, 1.165) is 17.6 Å². The van der Waals surface area contributed by atoms with Gasteiger partial charge in [0.05, 0.1) is 0 Å². The van der Waals surface area contributed by atoms with Crippen molar-refractivity contribution in [3.8, 4) is 0 Å². The van der Waals surface area contributed by atoms with Crippen LogP contribution in [0.3, 0.4) is 0 Å². The highest BCUT2D eigenvalue weighted by Crippen LogP contribution is 2.41. The van der Waals surface area contributed by atoms with Gasteiger partial charge in [0.1, 0.15) is 10.9 Å². The van der Waals surface area contributed by atoms with Crippen molar-refractivity contribution in [3.05, 3.63) is 24.3 Å². The molecule has 2 N–H and O–H groups in total. The second kappa shape index (κ2) is 3.96. The van der Waals surface area contributed by atoms with Gasteiger partial charge in [0.2, 0.25) is 0 Å². The smallest absolute Gasteiger partial charge is 0.313 e. The Labute approximate surface area is 115 Å². The molecule has 2 aliphatic heterocycles. The molecule has 0 radical (unpaired) electrons. The van der Waals surface area contributed by atoms with E-state index in [2.05, 4.69) is 10.3 Å². The Morgan fingerprint density at radius 3 is 3.10 bits per heavy atom. The number of nitrogens with one attached hydrogen (secondary N) is 1. The van der Waals surface area contributed by atoms with Crippen LogP contribution in [0.2, 0.25) is 0 Å². The Kier molecular flexibility index (Phi) is 2.32. The van der Waals surface area contributed by atoms with Crippen LogP contribution < -0.4 is 10.2 Å². The molecule has 1 aromatic carbocycles. The Morgan fingerprint density at radius 2 is 2.35 bits per heavy atom. The predicted octanol–water partition coefficient (Wildman–Crippen LogP) is 0.938. The number of fused-ring (bicyclic) bond motifs is 2. The summed E-state index contributed by atoms with van der Waals surface area (Å²) in [5, 5.41) is 12.7. The first-order valence-electron chi connectivity index (χ1n) is 6.74. The van der Waals surface area contributed by atoms with Gasteiger partial charge in [0, 0.05) is 32.1 Å². The van der Waals surface area contributed by atoms with E-state index >= 15 is 0 Å².